The Kier molecular flexibility index (Phi) is 3.76. The van der Waals surface area contributed by atoms with Crippen LogP contribution in [-0.4, -0.2) is 42.9 Å². The van der Waals surface area contributed by atoms with Crippen LogP contribution in [0.25, 0.3) is 0 Å². The highest BCUT2D eigenvalue weighted by atomic mass is 16.5. The first-order chi connectivity index (χ1) is 9.11. The molecule has 0 spiro atoms. The van der Waals surface area contributed by atoms with Crippen LogP contribution in [0.2, 0.25) is 0 Å². The molecule has 0 aromatic heterocycles. The summed E-state index contributed by atoms with van der Waals surface area (Å²) in [6.45, 7) is 7.31. The fourth-order valence-electron chi connectivity index (χ4n) is 2.82. The number of aryl methyl sites for hydroxylation is 1. The fourth-order valence-corrected chi connectivity index (χ4v) is 2.82. The maximum atomic E-state index is 9.94. The molecule has 0 radical (unpaired) electrons. The Labute approximate surface area is 122 Å². The van der Waals surface area contributed by atoms with E-state index in [2.05, 4.69) is 28.1 Å². The Balaban J connectivity index is 2.24. The zero-order valence-corrected chi connectivity index (χ0v) is 13.7. The van der Waals surface area contributed by atoms with Crippen LogP contribution in [0, 0.1) is 13.8 Å². The zero-order chi connectivity index (χ0) is 15.1. The molecule has 1 unspecified atom stereocenters. The first-order valence-corrected chi connectivity index (χ1v) is 7.43. The lowest BCUT2D eigenvalue weighted by Crippen LogP contribution is -2.44. The molecular formula is C17H28NO2+. The number of nitrogens with zero attached hydrogens (tertiary/aromatic N) is 1. The summed E-state index contributed by atoms with van der Waals surface area (Å²) in [7, 11) is 6.65. The lowest BCUT2D eigenvalue weighted by molar-refractivity contribution is -0.871. The van der Waals surface area contributed by atoms with Gasteiger partial charge in [0, 0.05) is 12.0 Å². The summed E-state index contributed by atoms with van der Waals surface area (Å²) >= 11 is 0. The highest BCUT2D eigenvalue weighted by Crippen LogP contribution is 2.41. The van der Waals surface area contributed by atoms with Gasteiger partial charge in [-0.25, -0.2) is 0 Å². The van der Waals surface area contributed by atoms with E-state index in [4.69, 9.17) is 4.74 Å². The number of quaternary nitrogens is 1. The van der Waals surface area contributed by atoms with Crippen molar-refractivity contribution in [3.8, 4) is 11.5 Å². The van der Waals surface area contributed by atoms with E-state index >= 15 is 0 Å². The highest BCUT2D eigenvalue weighted by molar-refractivity contribution is 5.53. The molecule has 3 heteroatoms. The molecule has 1 heterocycles. The number of benzene rings is 1. The van der Waals surface area contributed by atoms with Crippen molar-refractivity contribution in [2.45, 2.75) is 45.6 Å². The summed E-state index contributed by atoms with van der Waals surface area (Å²) in [6, 6.07) is 1.82. The van der Waals surface area contributed by atoms with E-state index in [-0.39, 0.29) is 5.60 Å². The number of fused-ring (bicyclic) bond motifs is 1. The molecule has 0 aliphatic carbocycles. The summed E-state index contributed by atoms with van der Waals surface area (Å²) in [5.74, 6) is 1.38. The van der Waals surface area contributed by atoms with Gasteiger partial charge in [0.2, 0.25) is 0 Å². The van der Waals surface area contributed by atoms with Crippen LogP contribution in [-0.2, 0) is 6.42 Å². The molecule has 1 N–H and O–H groups in total. The molecular weight excluding hydrogens is 250 g/mol. The Morgan fingerprint density at radius 2 is 1.95 bits per heavy atom. The molecule has 1 aromatic rings. The highest BCUT2D eigenvalue weighted by Gasteiger charge is 2.35. The average Bonchev–Trinajstić information content (AvgIpc) is 2.33. The van der Waals surface area contributed by atoms with E-state index in [1.54, 1.807) is 0 Å². The number of phenols is 1. The van der Waals surface area contributed by atoms with Crippen molar-refractivity contribution in [1.82, 2.24) is 0 Å². The van der Waals surface area contributed by atoms with E-state index in [1.807, 2.05) is 19.9 Å². The smallest absolute Gasteiger partial charge is 0.126 e. The van der Waals surface area contributed by atoms with Gasteiger partial charge >= 0.3 is 0 Å². The molecule has 1 atom stereocenters. The van der Waals surface area contributed by atoms with Crippen LogP contribution >= 0.6 is 0 Å². The molecule has 1 aliphatic heterocycles. The summed E-state index contributed by atoms with van der Waals surface area (Å²) < 4.78 is 7.32. The fraction of sp³-hybridized carbons (Fsp3) is 0.647. The van der Waals surface area contributed by atoms with Gasteiger partial charge in [0.15, 0.2) is 0 Å². The minimum absolute atomic E-state index is 0.0906. The molecule has 112 valence electrons. The van der Waals surface area contributed by atoms with Crippen molar-refractivity contribution in [2.75, 3.05) is 27.7 Å². The molecule has 0 saturated heterocycles. The lowest BCUT2D eigenvalue weighted by Gasteiger charge is -2.39. The van der Waals surface area contributed by atoms with Gasteiger partial charge in [-0.15, -0.1) is 0 Å². The minimum atomic E-state index is -0.0906. The topological polar surface area (TPSA) is 29.5 Å². The number of phenolic OH excluding ortho intramolecular Hbond substituents is 1. The second kappa shape index (κ2) is 4.96. The SMILES string of the molecule is Cc1cc(O)c(C)c2c1OC(C)(CC[N+](C)(C)C)CC2. The largest absolute Gasteiger partial charge is 0.508 e. The maximum absolute atomic E-state index is 9.94. The monoisotopic (exact) mass is 278 g/mol. The van der Waals surface area contributed by atoms with Crippen LogP contribution in [0.3, 0.4) is 0 Å². The molecule has 3 nitrogen and oxygen atoms in total. The summed E-state index contributed by atoms with van der Waals surface area (Å²) in [5.41, 5.74) is 3.11. The van der Waals surface area contributed by atoms with Crippen LogP contribution in [0.4, 0.5) is 0 Å². The number of rotatable bonds is 3. The standard InChI is InChI=1S/C17H27NO2/c1-12-11-15(19)13(2)14-7-8-17(3,20-16(12)14)9-10-18(4,5)6/h11H,7-10H2,1-6H3/p+1. The summed E-state index contributed by atoms with van der Waals surface area (Å²) in [5, 5.41) is 9.94. The Hall–Kier alpha value is -1.22. The van der Waals surface area contributed by atoms with Crippen molar-refractivity contribution in [2.24, 2.45) is 0 Å². The Bertz CT molecular complexity index is 517. The van der Waals surface area contributed by atoms with Crippen molar-refractivity contribution < 1.29 is 14.3 Å². The third kappa shape index (κ3) is 3.09. The summed E-state index contributed by atoms with van der Waals surface area (Å²) in [4.78, 5) is 0. The van der Waals surface area contributed by atoms with E-state index < -0.39 is 0 Å². The number of hydrogen-bond acceptors (Lipinski definition) is 2. The molecule has 1 aromatic carbocycles. The van der Waals surface area contributed by atoms with Gasteiger partial charge in [0.25, 0.3) is 0 Å². The molecule has 20 heavy (non-hydrogen) atoms. The number of ether oxygens (including phenoxy) is 1. The quantitative estimate of drug-likeness (QED) is 0.860. The molecule has 1 aliphatic rings. The third-order valence-corrected chi connectivity index (χ3v) is 4.39. The number of hydrogen-bond donors (Lipinski definition) is 1. The second-order valence-corrected chi connectivity index (χ2v) is 7.46. The Morgan fingerprint density at radius 1 is 1.30 bits per heavy atom. The Morgan fingerprint density at radius 3 is 2.55 bits per heavy atom. The molecule has 0 fully saturated rings. The molecule has 0 saturated carbocycles. The van der Waals surface area contributed by atoms with Crippen molar-refractivity contribution in [1.29, 1.82) is 0 Å². The van der Waals surface area contributed by atoms with Crippen molar-refractivity contribution in [3.05, 3.63) is 22.8 Å². The lowest BCUT2D eigenvalue weighted by atomic mass is 9.86. The minimum Gasteiger partial charge on any atom is -0.508 e. The van der Waals surface area contributed by atoms with Gasteiger partial charge in [-0.1, -0.05) is 0 Å². The van der Waals surface area contributed by atoms with E-state index in [0.717, 1.165) is 47.2 Å². The van der Waals surface area contributed by atoms with Crippen LogP contribution < -0.4 is 4.74 Å². The first-order valence-electron chi connectivity index (χ1n) is 7.43. The average molecular weight is 278 g/mol. The summed E-state index contributed by atoms with van der Waals surface area (Å²) in [6.07, 6.45) is 3.06. The van der Waals surface area contributed by atoms with Crippen LogP contribution in [0.1, 0.15) is 36.5 Å². The van der Waals surface area contributed by atoms with Crippen molar-refractivity contribution >= 4 is 0 Å². The van der Waals surface area contributed by atoms with E-state index in [9.17, 15) is 5.11 Å². The van der Waals surface area contributed by atoms with E-state index in [1.165, 1.54) is 5.56 Å². The van der Waals surface area contributed by atoms with Crippen LogP contribution in [0.5, 0.6) is 11.5 Å². The van der Waals surface area contributed by atoms with Gasteiger partial charge in [-0.3, -0.25) is 0 Å². The van der Waals surface area contributed by atoms with Crippen molar-refractivity contribution in [3.63, 3.8) is 0 Å². The predicted molar refractivity (Wildman–Crippen MR) is 82.5 cm³/mol. The van der Waals surface area contributed by atoms with E-state index in [0.29, 0.717) is 5.75 Å². The zero-order valence-electron chi connectivity index (χ0n) is 13.7. The van der Waals surface area contributed by atoms with Gasteiger partial charge in [0.1, 0.15) is 17.1 Å². The first kappa shape index (κ1) is 15.2. The second-order valence-electron chi connectivity index (χ2n) is 7.46. The molecule has 0 bridgehead atoms. The third-order valence-electron chi connectivity index (χ3n) is 4.39. The molecule has 0 amide bonds. The maximum Gasteiger partial charge on any atom is 0.126 e. The van der Waals surface area contributed by atoms with Gasteiger partial charge in [-0.05, 0) is 50.8 Å². The van der Waals surface area contributed by atoms with Gasteiger partial charge in [0.05, 0.1) is 27.7 Å². The molecule has 2 rings (SSSR count). The van der Waals surface area contributed by atoms with Gasteiger partial charge < -0.3 is 14.3 Å². The number of aromatic hydroxyl groups is 1. The van der Waals surface area contributed by atoms with Gasteiger partial charge in [-0.2, -0.15) is 0 Å². The van der Waals surface area contributed by atoms with Crippen LogP contribution in [0.15, 0.2) is 6.07 Å². The normalized spacial score (nSPS) is 22.3. The predicted octanol–water partition coefficient (Wildman–Crippen LogP) is 3.19.